The van der Waals surface area contributed by atoms with Gasteiger partial charge in [0.2, 0.25) is 0 Å². The summed E-state index contributed by atoms with van der Waals surface area (Å²) in [6, 6.07) is 4.03. The van der Waals surface area contributed by atoms with Crippen molar-refractivity contribution in [1.29, 1.82) is 0 Å². The lowest BCUT2D eigenvalue weighted by Crippen LogP contribution is -2.06. The van der Waals surface area contributed by atoms with Crippen LogP contribution in [0.4, 0.5) is 11.4 Å². The van der Waals surface area contributed by atoms with E-state index in [-0.39, 0.29) is 0 Å². The third-order valence-electron chi connectivity index (χ3n) is 3.38. The predicted octanol–water partition coefficient (Wildman–Crippen LogP) is 1.91. The molecule has 2 atom stereocenters. The summed E-state index contributed by atoms with van der Waals surface area (Å²) in [5, 5.41) is 3.40. The fraction of sp³-hybridized carbons (Fsp3) is 0.417. The monoisotopic (exact) mass is 233 g/mol. The van der Waals surface area contributed by atoms with Gasteiger partial charge in [-0.15, -0.1) is 0 Å². The molecule has 1 fully saturated rings. The van der Waals surface area contributed by atoms with Crippen LogP contribution in [-0.4, -0.2) is 11.0 Å². The molecule has 5 heteroatoms. The molecule has 0 aliphatic heterocycles. The minimum atomic E-state index is -0.450. The number of hydrogen-bond acceptors (Lipinski definition) is 4. The fourth-order valence-electron chi connectivity index (χ4n) is 2.21. The number of H-pyrrole nitrogens is 1. The molecule has 0 saturated heterocycles. The maximum Gasteiger partial charge on any atom is 0.417 e. The van der Waals surface area contributed by atoms with Crippen molar-refractivity contribution >= 4 is 22.5 Å². The molecule has 90 valence electrons. The van der Waals surface area contributed by atoms with Gasteiger partial charge in [0.1, 0.15) is 0 Å². The number of nitrogens with one attached hydrogen (secondary N) is 2. The van der Waals surface area contributed by atoms with E-state index in [0.717, 1.165) is 11.6 Å². The standard InChI is InChI=1S/C12H15N3O2/c1-2-6-3-8(6)14-9-5-10-11(4-7(9)13)17-12(16)15-10/h4-6,8,14H,2-3,13H2,1H3,(H,15,16). The van der Waals surface area contributed by atoms with Crippen LogP contribution in [0.2, 0.25) is 0 Å². The summed E-state index contributed by atoms with van der Waals surface area (Å²) in [5.74, 6) is 0.294. The van der Waals surface area contributed by atoms with E-state index >= 15 is 0 Å². The van der Waals surface area contributed by atoms with Crippen LogP contribution < -0.4 is 16.8 Å². The number of nitrogen functional groups attached to an aromatic ring is 1. The number of aromatic amines is 1. The second-order valence-electron chi connectivity index (χ2n) is 4.60. The number of benzene rings is 1. The Bertz CT molecular complexity index is 614. The molecule has 2 aromatic rings. The lowest BCUT2D eigenvalue weighted by Gasteiger charge is -2.08. The summed E-state index contributed by atoms with van der Waals surface area (Å²) in [4.78, 5) is 13.7. The summed E-state index contributed by atoms with van der Waals surface area (Å²) in [7, 11) is 0. The Labute approximate surface area is 98.0 Å². The van der Waals surface area contributed by atoms with Crippen LogP contribution in [0.15, 0.2) is 21.3 Å². The number of nitrogens with two attached hydrogens (primary N) is 1. The van der Waals surface area contributed by atoms with Gasteiger partial charge in [-0.2, -0.15) is 0 Å². The van der Waals surface area contributed by atoms with Crippen molar-refractivity contribution in [3.05, 3.63) is 22.7 Å². The van der Waals surface area contributed by atoms with E-state index in [2.05, 4.69) is 17.2 Å². The van der Waals surface area contributed by atoms with Gasteiger partial charge in [-0.25, -0.2) is 4.79 Å². The van der Waals surface area contributed by atoms with Gasteiger partial charge in [0.15, 0.2) is 5.58 Å². The molecule has 0 bridgehead atoms. The van der Waals surface area contributed by atoms with Gasteiger partial charge in [0, 0.05) is 12.1 Å². The largest absolute Gasteiger partial charge is 0.417 e. The van der Waals surface area contributed by atoms with Crippen molar-refractivity contribution in [1.82, 2.24) is 4.98 Å². The molecule has 1 heterocycles. The Morgan fingerprint density at radius 1 is 1.59 bits per heavy atom. The number of fused-ring (bicyclic) bond motifs is 1. The molecule has 1 aromatic heterocycles. The van der Waals surface area contributed by atoms with Crippen molar-refractivity contribution in [2.24, 2.45) is 5.92 Å². The Kier molecular flexibility index (Phi) is 2.14. The van der Waals surface area contributed by atoms with Crippen molar-refractivity contribution in [2.45, 2.75) is 25.8 Å². The van der Waals surface area contributed by atoms with E-state index in [9.17, 15) is 4.79 Å². The minimum Gasteiger partial charge on any atom is -0.408 e. The average Bonchev–Trinajstić information content (AvgIpc) is 2.93. The van der Waals surface area contributed by atoms with E-state index in [0.29, 0.717) is 22.8 Å². The van der Waals surface area contributed by atoms with Gasteiger partial charge in [-0.05, 0) is 18.4 Å². The van der Waals surface area contributed by atoms with E-state index in [1.165, 1.54) is 12.8 Å². The van der Waals surface area contributed by atoms with Crippen LogP contribution in [-0.2, 0) is 0 Å². The third kappa shape index (κ3) is 1.77. The quantitative estimate of drug-likeness (QED) is 0.707. The summed E-state index contributed by atoms with van der Waals surface area (Å²) in [5.41, 5.74) is 8.59. The van der Waals surface area contributed by atoms with Crippen LogP contribution in [0.25, 0.3) is 11.1 Å². The zero-order valence-electron chi connectivity index (χ0n) is 9.62. The van der Waals surface area contributed by atoms with Crippen LogP contribution in [0.5, 0.6) is 0 Å². The number of oxazole rings is 1. The number of hydrogen-bond donors (Lipinski definition) is 3. The number of aromatic nitrogens is 1. The lowest BCUT2D eigenvalue weighted by atomic mass is 10.2. The van der Waals surface area contributed by atoms with Crippen molar-refractivity contribution in [2.75, 3.05) is 11.1 Å². The van der Waals surface area contributed by atoms with Gasteiger partial charge >= 0.3 is 5.76 Å². The van der Waals surface area contributed by atoms with Crippen molar-refractivity contribution in [3.63, 3.8) is 0 Å². The van der Waals surface area contributed by atoms with Gasteiger partial charge in [-0.3, -0.25) is 4.98 Å². The molecule has 0 amide bonds. The first-order valence-electron chi connectivity index (χ1n) is 5.86. The normalized spacial score (nSPS) is 22.9. The van der Waals surface area contributed by atoms with Gasteiger partial charge in [0.05, 0.1) is 16.9 Å². The second-order valence-corrected chi connectivity index (χ2v) is 4.60. The van der Waals surface area contributed by atoms with Crippen molar-refractivity contribution in [3.8, 4) is 0 Å². The van der Waals surface area contributed by atoms with Gasteiger partial charge in [-0.1, -0.05) is 13.3 Å². The highest BCUT2D eigenvalue weighted by Gasteiger charge is 2.35. The molecule has 4 N–H and O–H groups in total. The van der Waals surface area contributed by atoms with Gasteiger partial charge in [0.25, 0.3) is 0 Å². The average molecular weight is 233 g/mol. The Balaban J connectivity index is 1.93. The first-order chi connectivity index (χ1) is 8.17. The van der Waals surface area contributed by atoms with E-state index in [1.807, 2.05) is 6.07 Å². The summed E-state index contributed by atoms with van der Waals surface area (Å²) < 4.78 is 4.95. The van der Waals surface area contributed by atoms with Crippen LogP contribution in [0.1, 0.15) is 19.8 Å². The molecule has 17 heavy (non-hydrogen) atoms. The molecule has 0 spiro atoms. The molecule has 1 aromatic carbocycles. The van der Waals surface area contributed by atoms with E-state index in [1.54, 1.807) is 6.07 Å². The highest BCUT2D eigenvalue weighted by molar-refractivity contribution is 5.85. The molecule has 5 nitrogen and oxygen atoms in total. The SMILES string of the molecule is CCC1CC1Nc1cc2[nH]c(=O)oc2cc1N. The van der Waals surface area contributed by atoms with Crippen molar-refractivity contribution < 1.29 is 4.42 Å². The zero-order chi connectivity index (χ0) is 12.0. The topological polar surface area (TPSA) is 84.0 Å². The highest BCUT2D eigenvalue weighted by Crippen LogP contribution is 2.37. The Morgan fingerprint density at radius 2 is 2.41 bits per heavy atom. The molecule has 2 unspecified atom stereocenters. The smallest absolute Gasteiger partial charge is 0.408 e. The van der Waals surface area contributed by atoms with Crippen LogP contribution in [0, 0.1) is 5.92 Å². The lowest BCUT2D eigenvalue weighted by molar-refractivity contribution is 0.555. The third-order valence-corrected chi connectivity index (χ3v) is 3.38. The van der Waals surface area contributed by atoms with Crippen LogP contribution >= 0.6 is 0 Å². The second kappa shape index (κ2) is 3.55. The molecule has 0 radical (unpaired) electrons. The molecule has 1 aliphatic rings. The number of anilines is 2. The fourth-order valence-corrected chi connectivity index (χ4v) is 2.21. The highest BCUT2D eigenvalue weighted by atomic mass is 16.4. The van der Waals surface area contributed by atoms with Gasteiger partial charge < -0.3 is 15.5 Å². The molecular formula is C12H15N3O2. The van der Waals surface area contributed by atoms with E-state index < -0.39 is 5.76 Å². The first kappa shape index (κ1) is 10.3. The first-order valence-corrected chi connectivity index (χ1v) is 5.86. The molecule has 1 aliphatic carbocycles. The summed E-state index contributed by atoms with van der Waals surface area (Å²) >= 11 is 0. The maximum atomic E-state index is 11.1. The molecule has 3 rings (SSSR count). The number of rotatable bonds is 3. The van der Waals surface area contributed by atoms with Crippen LogP contribution in [0.3, 0.4) is 0 Å². The maximum absolute atomic E-state index is 11.1. The summed E-state index contributed by atoms with van der Waals surface area (Å²) in [6.45, 7) is 2.19. The Morgan fingerprint density at radius 3 is 3.12 bits per heavy atom. The molecule has 1 saturated carbocycles. The molecular weight excluding hydrogens is 218 g/mol. The Hall–Kier alpha value is -1.91. The van der Waals surface area contributed by atoms with E-state index in [4.69, 9.17) is 10.2 Å². The minimum absolute atomic E-state index is 0.450. The summed E-state index contributed by atoms with van der Waals surface area (Å²) in [6.07, 6.45) is 2.37. The predicted molar refractivity (Wildman–Crippen MR) is 67.1 cm³/mol. The zero-order valence-corrected chi connectivity index (χ0v) is 9.62.